The van der Waals surface area contributed by atoms with Crippen molar-refractivity contribution in [2.75, 3.05) is 18.4 Å². The van der Waals surface area contributed by atoms with E-state index in [1.807, 2.05) is 41.3 Å². The van der Waals surface area contributed by atoms with Gasteiger partial charge in [0.05, 0.1) is 12.7 Å². The van der Waals surface area contributed by atoms with E-state index in [1.165, 1.54) is 11.1 Å². The summed E-state index contributed by atoms with van der Waals surface area (Å²) in [6, 6.07) is 13.6. The lowest BCUT2D eigenvalue weighted by Gasteiger charge is -2.31. The molecule has 3 aromatic rings. The smallest absolute Gasteiger partial charge is 0.227 e. The number of piperidine rings is 1. The second-order valence-electron chi connectivity index (χ2n) is 7.88. The quantitative estimate of drug-likeness (QED) is 0.715. The lowest BCUT2D eigenvalue weighted by molar-refractivity contribution is -0.133. The molecule has 0 saturated carbocycles. The Morgan fingerprint density at radius 3 is 2.48 bits per heavy atom. The molecule has 1 aliphatic rings. The zero-order valence-electron chi connectivity index (χ0n) is 16.9. The number of hydrogen-bond acceptors (Lipinski definition) is 3. The molecule has 0 spiro atoms. The summed E-state index contributed by atoms with van der Waals surface area (Å²) in [5.74, 6) is 0.0717. The molecule has 1 aromatic heterocycles. The highest BCUT2D eigenvalue weighted by molar-refractivity contribution is 5.93. The average molecular weight is 390 g/mol. The van der Waals surface area contributed by atoms with Gasteiger partial charge in [-0.2, -0.15) is 0 Å². The molecule has 29 heavy (non-hydrogen) atoms. The number of nitrogens with one attached hydrogen (secondary N) is 1. The summed E-state index contributed by atoms with van der Waals surface area (Å²) < 4.78 is 5.65. The maximum atomic E-state index is 12.8. The minimum atomic E-state index is -0.0559. The summed E-state index contributed by atoms with van der Waals surface area (Å²) in [5.41, 5.74) is 4.94. The van der Waals surface area contributed by atoms with Crippen molar-refractivity contribution in [2.24, 2.45) is 5.92 Å². The van der Waals surface area contributed by atoms with Crippen molar-refractivity contribution in [3.05, 3.63) is 65.4 Å². The van der Waals surface area contributed by atoms with E-state index in [-0.39, 0.29) is 17.7 Å². The molecule has 5 heteroatoms. The van der Waals surface area contributed by atoms with Gasteiger partial charge in [-0.25, -0.2) is 0 Å². The van der Waals surface area contributed by atoms with Gasteiger partial charge in [0.2, 0.25) is 11.8 Å². The number of anilines is 1. The molecule has 0 bridgehead atoms. The summed E-state index contributed by atoms with van der Waals surface area (Å²) in [4.78, 5) is 27.2. The molecular weight excluding hydrogens is 364 g/mol. The molecule has 0 unspecified atom stereocenters. The number of furan rings is 1. The number of carbonyl (C=O) groups is 2. The number of hydrogen-bond donors (Lipinski definition) is 1. The lowest BCUT2D eigenvalue weighted by Crippen LogP contribution is -2.42. The molecule has 150 valence electrons. The molecule has 0 aliphatic carbocycles. The van der Waals surface area contributed by atoms with Crippen molar-refractivity contribution in [3.8, 4) is 0 Å². The third kappa shape index (κ3) is 4.19. The normalized spacial score (nSPS) is 14.9. The Hall–Kier alpha value is -3.08. The van der Waals surface area contributed by atoms with Crippen molar-refractivity contribution in [3.63, 3.8) is 0 Å². The molecular formula is C24H26N2O3. The van der Waals surface area contributed by atoms with Crippen LogP contribution in [0, 0.1) is 19.8 Å². The van der Waals surface area contributed by atoms with Gasteiger partial charge < -0.3 is 14.6 Å². The first-order chi connectivity index (χ1) is 14.0. The van der Waals surface area contributed by atoms with E-state index in [0.717, 1.165) is 22.2 Å². The molecule has 1 N–H and O–H groups in total. The number of carbonyl (C=O) groups excluding carboxylic acids is 2. The van der Waals surface area contributed by atoms with Crippen LogP contribution in [0.15, 0.2) is 53.1 Å². The van der Waals surface area contributed by atoms with Gasteiger partial charge >= 0.3 is 0 Å². The Balaban J connectivity index is 1.35. The number of rotatable bonds is 4. The van der Waals surface area contributed by atoms with Crippen molar-refractivity contribution in [2.45, 2.75) is 33.1 Å². The van der Waals surface area contributed by atoms with Crippen molar-refractivity contribution < 1.29 is 14.0 Å². The van der Waals surface area contributed by atoms with E-state index in [0.29, 0.717) is 32.4 Å². The van der Waals surface area contributed by atoms with Crippen LogP contribution in [0.5, 0.6) is 0 Å². The number of para-hydroxylation sites is 1. The fourth-order valence-corrected chi connectivity index (χ4v) is 3.90. The van der Waals surface area contributed by atoms with Crippen LogP contribution in [0.1, 0.15) is 29.5 Å². The van der Waals surface area contributed by atoms with E-state index in [4.69, 9.17) is 4.42 Å². The Morgan fingerprint density at radius 1 is 1.07 bits per heavy atom. The first-order valence-corrected chi connectivity index (χ1v) is 10.1. The van der Waals surface area contributed by atoms with Crippen LogP contribution >= 0.6 is 0 Å². The standard InChI is InChI=1S/C24H26N2O3/c1-16-12-21-19(15-29-22(21)13-17(16)2)14-23(27)26-10-8-18(9-11-26)24(28)25-20-6-4-3-5-7-20/h3-7,12-13,15,18H,8-11,14H2,1-2H3,(H,25,28). The number of benzene rings is 2. The summed E-state index contributed by atoms with van der Waals surface area (Å²) in [6.07, 6.45) is 3.40. The second-order valence-corrected chi connectivity index (χ2v) is 7.88. The molecule has 5 nitrogen and oxygen atoms in total. The predicted molar refractivity (Wildman–Crippen MR) is 114 cm³/mol. The van der Waals surface area contributed by atoms with Crippen molar-refractivity contribution in [1.29, 1.82) is 0 Å². The summed E-state index contributed by atoms with van der Waals surface area (Å²) in [7, 11) is 0. The fourth-order valence-electron chi connectivity index (χ4n) is 3.90. The van der Waals surface area contributed by atoms with Crippen LogP contribution in [0.2, 0.25) is 0 Å². The summed E-state index contributed by atoms with van der Waals surface area (Å²) in [6.45, 7) is 5.35. The molecule has 2 aromatic carbocycles. The third-order valence-electron chi connectivity index (χ3n) is 5.87. The van der Waals surface area contributed by atoms with Crippen LogP contribution in [0.4, 0.5) is 5.69 Å². The molecule has 2 amide bonds. The third-order valence-corrected chi connectivity index (χ3v) is 5.87. The van der Waals surface area contributed by atoms with E-state index in [2.05, 4.69) is 25.2 Å². The molecule has 1 saturated heterocycles. The first-order valence-electron chi connectivity index (χ1n) is 10.1. The van der Waals surface area contributed by atoms with Crippen LogP contribution in [-0.2, 0) is 16.0 Å². The Morgan fingerprint density at radius 2 is 1.76 bits per heavy atom. The molecule has 0 atom stereocenters. The number of amides is 2. The highest BCUT2D eigenvalue weighted by Gasteiger charge is 2.27. The van der Waals surface area contributed by atoms with Gasteiger partial charge in [0, 0.05) is 35.6 Å². The van der Waals surface area contributed by atoms with Gasteiger partial charge in [-0.3, -0.25) is 9.59 Å². The van der Waals surface area contributed by atoms with E-state index in [1.54, 1.807) is 6.26 Å². The highest BCUT2D eigenvalue weighted by Crippen LogP contribution is 2.26. The monoisotopic (exact) mass is 390 g/mol. The van der Waals surface area contributed by atoms with E-state index >= 15 is 0 Å². The number of aryl methyl sites for hydroxylation is 2. The number of nitrogens with zero attached hydrogens (tertiary/aromatic N) is 1. The summed E-state index contributed by atoms with van der Waals surface area (Å²) in [5, 5.41) is 3.98. The summed E-state index contributed by atoms with van der Waals surface area (Å²) >= 11 is 0. The Bertz CT molecular complexity index is 1030. The van der Waals surface area contributed by atoms with Gasteiger partial charge in [0.25, 0.3) is 0 Å². The largest absolute Gasteiger partial charge is 0.464 e. The molecule has 2 heterocycles. The molecule has 1 aliphatic heterocycles. The highest BCUT2D eigenvalue weighted by atomic mass is 16.3. The van der Waals surface area contributed by atoms with Crippen molar-refractivity contribution >= 4 is 28.5 Å². The van der Waals surface area contributed by atoms with Gasteiger partial charge in [-0.05, 0) is 62.1 Å². The van der Waals surface area contributed by atoms with E-state index < -0.39 is 0 Å². The van der Waals surface area contributed by atoms with Crippen molar-refractivity contribution in [1.82, 2.24) is 4.90 Å². The Labute approximate surface area is 170 Å². The molecule has 4 rings (SSSR count). The number of fused-ring (bicyclic) bond motifs is 1. The second kappa shape index (κ2) is 8.11. The maximum absolute atomic E-state index is 12.8. The zero-order chi connectivity index (χ0) is 20.4. The zero-order valence-corrected chi connectivity index (χ0v) is 16.9. The van der Waals surface area contributed by atoms with Gasteiger partial charge in [0.15, 0.2) is 0 Å². The van der Waals surface area contributed by atoms with Gasteiger partial charge in [-0.15, -0.1) is 0 Å². The molecule has 1 fully saturated rings. The topological polar surface area (TPSA) is 62.6 Å². The van der Waals surface area contributed by atoms with Gasteiger partial charge in [-0.1, -0.05) is 18.2 Å². The predicted octanol–water partition coefficient (Wildman–Crippen LogP) is 4.47. The maximum Gasteiger partial charge on any atom is 0.227 e. The minimum absolute atomic E-state index is 0.0370. The van der Waals surface area contributed by atoms with Crippen LogP contribution < -0.4 is 5.32 Å². The minimum Gasteiger partial charge on any atom is -0.464 e. The Kier molecular flexibility index (Phi) is 5.38. The van der Waals surface area contributed by atoms with Gasteiger partial charge in [0.1, 0.15) is 5.58 Å². The fraction of sp³-hybridized carbons (Fsp3) is 0.333. The van der Waals surface area contributed by atoms with Crippen LogP contribution in [0.3, 0.4) is 0 Å². The molecule has 0 radical (unpaired) electrons. The first kappa shape index (κ1) is 19.2. The lowest BCUT2D eigenvalue weighted by atomic mass is 9.95. The van der Waals surface area contributed by atoms with Crippen LogP contribution in [-0.4, -0.2) is 29.8 Å². The SMILES string of the molecule is Cc1cc2occ(CC(=O)N3CCC(C(=O)Nc4ccccc4)CC3)c2cc1C. The van der Waals surface area contributed by atoms with Crippen LogP contribution in [0.25, 0.3) is 11.0 Å². The average Bonchev–Trinajstić information content (AvgIpc) is 3.10. The van der Waals surface area contributed by atoms with E-state index in [9.17, 15) is 9.59 Å². The number of likely N-dealkylation sites (tertiary alicyclic amines) is 1.